The average Bonchev–Trinajstić information content (AvgIpc) is 2.78. The average molecular weight is 277 g/mol. The van der Waals surface area contributed by atoms with Crippen LogP contribution >= 0.6 is 11.9 Å². The maximum Gasteiger partial charge on any atom is 0.338 e. The standard InChI is InChI=1S/C14H15NO3S/c1-18-12(16)11-4-2-3-9-7-14(6-5-10(9)11)8-19-15-13(14)17/h2-4H,5-8H2,1H3,(H,15,17). The van der Waals surface area contributed by atoms with Crippen LogP contribution in [0.2, 0.25) is 0 Å². The van der Waals surface area contributed by atoms with Crippen LogP contribution in [-0.4, -0.2) is 24.7 Å². The molecule has 1 fully saturated rings. The Kier molecular flexibility index (Phi) is 3.01. The monoisotopic (exact) mass is 277 g/mol. The molecule has 1 heterocycles. The molecule has 19 heavy (non-hydrogen) atoms. The number of rotatable bonds is 1. The zero-order chi connectivity index (χ0) is 13.5. The van der Waals surface area contributed by atoms with E-state index in [1.807, 2.05) is 12.1 Å². The third-order valence-corrected chi connectivity index (χ3v) is 5.08. The molecule has 0 bridgehead atoms. The van der Waals surface area contributed by atoms with Crippen LogP contribution in [0, 0.1) is 5.41 Å². The van der Waals surface area contributed by atoms with Gasteiger partial charge < -0.3 is 4.74 Å². The van der Waals surface area contributed by atoms with E-state index >= 15 is 0 Å². The molecule has 1 aromatic carbocycles. The van der Waals surface area contributed by atoms with Crippen LogP contribution in [0.25, 0.3) is 0 Å². The Balaban J connectivity index is 1.99. The zero-order valence-corrected chi connectivity index (χ0v) is 11.5. The van der Waals surface area contributed by atoms with Crippen molar-refractivity contribution in [2.75, 3.05) is 12.9 Å². The second-order valence-electron chi connectivity index (χ2n) is 5.11. The van der Waals surface area contributed by atoms with Crippen molar-refractivity contribution >= 4 is 23.8 Å². The van der Waals surface area contributed by atoms with Crippen LogP contribution in [0.3, 0.4) is 0 Å². The quantitative estimate of drug-likeness (QED) is 0.627. The van der Waals surface area contributed by atoms with Crippen LogP contribution in [0.1, 0.15) is 27.9 Å². The molecule has 3 rings (SSSR count). The van der Waals surface area contributed by atoms with Crippen molar-refractivity contribution in [1.29, 1.82) is 0 Å². The number of fused-ring (bicyclic) bond motifs is 1. The van der Waals surface area contributed by atoms with Gasteiger partial charge in [0.15, 0.2) is 0 Å². The van der Waals surface area contributed by atoms with E-state index in [1.54, 1.807) is 6.07 Å². The van der Waals surface area contributed by atoms with Gasteiger partial charge in [-0.05, 0) is 48.4 Å². The molecule has 100 valence electrons. The lowest BCUT2D eigenvalue weighted by Crippen LogP contribution is -2.38. The number of hydrogen-bond donors (Lipinski definition) is 1. The molecule has 1 aliphatic carbocycles. The predicted octanol–water partition coefficient (Wildman–Crippen LogP) is 1.73. The maximum absolute atomic E-state index is 12.0. The highest BCUT2D eigenvalue weighted by Crippen LogP contribution is 2.42. The molecule has 1 amide bonds. The Bertz CT molecular complexity index is 558. The first-order chi connectivity index (χ1) is 9.16. The lowest BCUT2D eigenvalue weighted by Gasteiger charge is -2.32. The maximum atomic E-state index is 12.0. The minimum absolute atomic E-state index is 0.131. The van der Waals surface area contributed by atoms with Crippen molar-refractivity contribution in [2.24, 2.45) is 5.41 Å². The second kappa shape index (κ2) is 4.56. The summed E-state index contributed by atoms with van der Waals surface area (Å²) in [7, 11) is 1.40. The number of benzene rings is 1. The topological polar surface area (TPSA) is 55.4 Å². The summed E-state index contributed by atoms with van der Waals surface area (Å²) >= 11 is 1.49. The third-order valence-electron chi connectivity index (χ3n) is 4.06. The summed E-state index contributed by atoms with van der Waals surface area (Å²) in [5.74, 6) is 0.651. The first kappa shape index (κ1) is 12.5. The van der Waals surface area contributed by atoms with Gasteiger partial charge in [0.2, 0.25) is 5.91 Å². The van der Waals surface area contributed by atoms with Crippen molar-refractivity contribution in [3.8, 4) is 0 Å². The van der Waals surface area contributed by atoms with Gasteiger partial charge in [-0.15, -0.1) is 0 Å². The SMILES string of the molecule is COC(=O)c1cccc2c1CCC1(CSNC1=O)C2. The molecule has 5 heteroatoms. The third kappa shape index (κ3) is 1.92. The van der Waals surface area contributed by atoms with Gasteiger partial charge in [0.05, 0.1) is 18.1 Å². The summed E-state index contributed by atoms with van der Waals surface area (Å²) in [6.45, 7) is 0. The molecule has 4 nitrogen and oxygen atoms in total. The van der Waals surface area contributed by atoms with Crippen LogP contribution < -0.4 is 4.72 Å². The van der Waals surface area contributed by atoms with Crippen LogP contribution in [-0.2, 0) is 22.4 Å². The van der Waals surface area contributed by atoms with Gasteiger partial charge >= 0.3 is 5.97 Å². The highest BCUT2D eigenvalue weighted by Gasteiger charge is 2.45. The molecule has 0 aromatic heterocycles. The van der Waals surface area contributed by atoms with Crippen molar-refractivity contribution in [3.63, 3.8) is 0 Å². The number of esters is 1. The fourth-order valence-electron chi connectivity index (χ4n) is 2.94. The van der Waals surface area contributed by atoms with Gasteiger partial charge in [-0.25, -0.2) is 4.79 Å². The predicted molar refractivity (Wildman–Crippen MR) is 72.8 cm³/mol. The van der Waals surface area contributed by atoms with Crippen LogP contribution in [0.5, 0.6) is 0 Å². The number of carbonyl (C=O) groups is 2. The minimum atomic E-state index is -0.293. The Morgan fingerprint density at radius 2 is 2.32 bits per heavy atom. The van der Waals surface area contributed by atoms with Crippen LogP contribution in [0.4, 0.5) is 0 Å². The largest absolute Gasteiger partial charge is 0.465 e. The Hall–Kier alpha value is -1.49. The van der Waals surface area contributed by atoms with E-state index in [9.17, 15) is 9.59 Å². The Morgan fingerprint density at radius 3 is 3.00 bits per heavy atom. The fourth-order valence-corrected chi connectivity index (χ4v) is 4.02. The number of carbonyl (C=O) groups excluding carboxylic acids is 2. The van der Waals surface area contributed by atoms with Gasteiger partial charge in [0.25, 0.3) is 0 Å². The number of ether oxygens (including phenoxy) is 1. The first-order valence-corrected chi connectivity index (χ1v) is 7.26. The summed E-state index contributed by atoms with van der Waals surface area (Å²) in [6, 6.07) is 5.68. The summed E-state index contributed by atoms with van der Waals surface area (Å²) in [6.07, 6.45) is 2.27. The lowest BCUT2D eigenvalue weighted by atomic mass is 9.71. The van der Waals surface area contributed by atoms with Gasteiger partial charge in [-0.2, -0.15) is 0 Å². The van der Waals surface area contributed by atoms with E-state index in [2.05, 4.69) is 4.72 Å². The molecular formula is C14H15NO3S. The fraction of sp³-hybridized carbons (Fsp3) is 0.429. The number of amides is 1. The summed E-state index contributed by atoms with van der Waals surface area (Å²) in [5.41, 5.74) is 2.50. The number of hydrogen-bond acceptors (Lipinski definition) is 4. The summed E-state index contributed by atoms with van der Waals surface area (Å²) < 4.78 is 7.66. The van der Waals surface area contributed by atoms with Crippen molar-refractivity contribution < 1.29 is 14.3 Å². The van der Waals surface area contributed by atoms with Crippen molar-refractivity contribution in [2.45, 2.75) is 19.3 Å². The molecule has 0 saturated carbocycles. The van der Waals surface area contributed by atoms with Gasteiger partial charge in [0.1, 0.15) is 0 Å². The minimum Gasteiger partial charge on any atom is -0.465 e. The normalized spacial score (nSPS) is 25.0. The molecular weight excluding hydrogens is 262 g/mol. The molecule has 1 aliphatic heterocycles. The summed E-state index contributed by atoms with van der Waals surface area (Å²) in [4.78, 5) is 23.8. The highest BCUT2D eigenvalue weighted by molar-refractivity contribution is 7.98. The number of methoxy groups -OCH3 is 1. The molecule has 1 unspecified atom stereocenters. The van der Waals surface area contributed by atoms with Gasteiger partial charge in [-0.1, -0.05) is 12.1 Å². The molecule has 1 aromatic rings. The highest BCUT2D eigenvalue weighted by atomic mass is 32.2. The second-order valence-corrected chi connectivity index (χ2v) is 5.89. The van der Waals surface area contributed by atoms with E-state index in [0.717, 1.165) is 29.7 Å². The molecule has 1 spiro atoms. The molecule has 0 radical (unpaired) electrons. The van der Waals surface area contributed by atoms with Gasteiger partial charge in [-0.3, -0.25) is 9.52 Å². The van der Waals surface area contributed by atoms with E-state index in [-0.39, 0.29) is 17.3 Å². The molecule has 1 atom stereocenters. The van der Waals surface area contributed by atoms with Crippen molar-refractivity contribution in [3.05, 3.63) is 34.9 Å². The van der Waals surface area contributed by atoms with Crippen LogP contribution in [0.15, 0.2) is 18.2 Å². The Labute approximate surface area is 116 Å². The van der Waals surface area contributed by atoms with E-state index < -0.39 is 0 Å². The lowest BCUT2D eigenvalue weighted by molar-refractivity contribution is -0.127. The van der Waals surface area contributed by atoms with Crippen molar-refractivity contribution in [1.82, 2.24) is 4.72 Å². The smallest absolute Gasteiger partial charge is 0.338 e. The zero-order valence-electron chi connectivity index (χ0n) is 10.7. The van der Waals surface area contributed by atoms with Gasteiger partial charge in [0, 0.05) is 5.75 Å². The first-order valence-electron chi connectivity index (χ1n) is 6.28. The van der Waals surface area contributed by atoms with E-state index in [0.29, 0.717) is 12.0 Å². The Morgan fingerprint density at radius 1 is 1.47 bits per heavy atom. The van der Waals surface area contributed by atoms with E-state index in [1.165, 1.54) is 19.1 Å². The number of nitrogens with one attached hydrogen (secondary N) is 1. The molecule has 1 saturated heterocycles. The van der Waals surface area contributed by atoms with E-state index in [4.69, 9.17) is 4.74 Å². The molecule has 2 aliphatic rings. The molecule has 1 N–H and O–H groups in total. The summed E-state index contributed by atoms with van der Waals surface area (Å²) in [5, 5.41) is 0.